The highest BCUT2D eigenvalue weighted by Gasteiger charge is 2.19. The van der Waals surface area contributed by atoms with E-state index in [9.17, 15) is 0 Å². The highest BCUT2D eigenvalue weighted by molar-refractivity contribution is 6.70. The second-order valence-corrected chi connectivity index (χ2v) is 8.64. The van der Waals surface area contributed by atoms with Gasteiger partial charge in [0.15, 0.2) is 0 Å². The van der Waals surface area contributed by atoms with Crippen molar-refractivity contribution in [2.24, 2.45) is 0 Å². The van der Waals surface area contributed by atoms with Crippen LogP contribution in [0.3, 0.4) is 0 Å². The van der Waals surface area contributed by atoms with E-state index in [0.29, 0.717) is 5.76 Å². The highest BCUT2D eigenvalue weighted by Crippen LogP contribution is 2.17. The Balaban J connectivity index is 4.12. The van der Waals surface area contributed by atoms with Crippen LogP contribution in [-0.2, 0) is 4.43 Å². The molecule has 0 aromatic heterocycles. The minimum absolute atomic E-state index is 0.140. The maximum absolute atomic E-state index is 5.79. The molecule has 0 fully saturated rings. The summed E-state index contributed by atoms with van der Waals surface area (Å²) in [6.45, 7) is 8.11. The van der Waals surface area contributed by atoms with Gasteiger partial charge in [0, 0.05) is 5.54 Å². The molecular weight excluding hydrogens is 199 g/mol. The van der Waals surface area contributed by atoms with Crippen LogP contribution < -0.4 is 0 Å². The van der Waals surface area contributed by atoms with Gasteiger partial charge >= 0.3 is 0 Å². The number of hydrogen-bond donors (Lipinski definition) is 0. The number of hydrogen-bond acceptors (Lipinski definition) is 1. The summed E-state index contributed by atoms with van der Waals surface area (Å²) in [5, 5.41) is -0.140. The summed E-state index contributed by atoms with van der Waals surface area (Å²) in [7, 11) is -1.54. The maximum atomic E-state index is 5.79. The summed E-state index contributed by atoms with van der Waals surface area (Å²) in [6, 6.07) is 0. The largest absolute Gasteiger partial charge is 0.546 e. The van der Waals surface area contributed by atoms with E-state index in [4.69, 9.17) is 27.6 Å². The summed E-state index contributed by atoms with van der Waals surface area (Å²) < 4.78 is 5.58. The SMILES string of the molecule is CC(Cl)/C(=C\Cl)O[Si](C)(C)C. The van der Waals surface area contributed by atoms with Crippen LogP contribution in [0, 0.1) is 0 Å². The second kappa shape index (κ2) is 4.38. The lowest BCUT2D eigenvalue weighted by Crippen LogP contribution is -2.26. The Bertz CT molecular complexity index is 149. The van der Waals surface area contributed by atoms with Gasteiger partial charge in [0.25, 0.3) is 0 Å². The third-order valence-corrected chi connectivity index (χ3v) is 2.20. The first kappa shape index (κ1) is 11.3. The minimum Gasteiger partial charge on any atom is -0.546 e. The van der Waals surface area contributed by atoms with Crippen LogP contribution in [-0.4, -0.2) is 13.7 Å². The predicted octanol–water partition coefficient (Wildman–Crippen LogP) is 3.55. The Hall–Kier alpha value is 0.337. The van der Waals surface area contributed by atoms with Crippen molar-refractivity contribution >= 4 is 31.5 Å². The molecule has 0 saturated carbocycles. The molecule has 0 N–H and O–H groups in total. The zero-order valence-electron chi connectivity index (χ0n) is 7.32. The van der Waals surface area contributed by atoms with Gasteiger partial charge in [-0.15, -0.1) is 11.6 Å². The standard InChI is InChI=1S/C7H14Cl2OSi/c1-6(9)7(5-8)10-11(2,3)4/h5-6H,1-4H3/b7-5+. The van der Waals surface area contributed by atoms with Gasteiger partial charge in [0.05, 0.1) is 5.38 Å². The molecule has 1 nitrogen and oxygen atoms in total. The molecule has 0 aliphatic rings. The van der Waals surface area contributed by atoms with Gasteiger partial charge in [-0.1, -0.05) is 11.6 Å². The van der Waals surface area contributed by atoms with Crippen LogP contribution in [0.15, 0.2) is 11.3 Å². The summed E-state index contributed by atoms with van der Waals surface area (Å²) in [4.78, 5) is 0. The first-order chi connectivity index (χ1) is 4.87. The monoisotopic (exact) mass is 212 g/mol. The molecule has 0 aliphatic carbocycles. The van der Waals surface area contributed by atoms with Crippen LogP contribution >= 0.6 is 23.2 Å². The fraction of sp³-hybridized carbons (Fsp3) is 0.714. The van der Waals surface area contributed by atoms with Crippen LogP contribution in [0.1, 0.15) is 6.92 Å². The van der Waals surface area contributed by atoms with E-state index in [-0.39, 0.29) is 5.38 Å². The van der Waals surface area contributed by atoms with Crippen LogP contribution in [0.25, 0.3) is 0 Å². The van der Waals surface area contributed by atoms with Crippen LogP contribution in [0.2, 0.25) is 19.6 Å². The Labute approximate surface area is 79.5 Å². The first-order valence-corrected chi connectivity index (χ1v) is 7.78. The van der Waals surface area contributed by atoms with E-state index in [1.807, 2.05) is 6.92 Å². The molecule has 0 bridgehead atoms. The van der Waals surface area contributed by atoms with E-state index in [0.717, 1.165) is 0 Å². The van der Waals surface area contributed by atoms with Crippen LogP contribution in [0.5, 0.6) is 0 Å². The molecule has 0 aromatic carbocycles. The Morgan fingerprint density at radius 1 is 1.45 bits per heavy atom. The Kier molecular flexibility index (Phi) is 4.52. The van der Waals surface area contributed by atoms with Crippen molar-refractivity contribution in [2.75, 3.05) is 0 Å². The van der Waals surface area contributed by atoms with Crippen molar-refractivity contribution in [1.82, 2.24) is 0 Å². The summed E-state index contributed by atoms with van der Waals surface area (Å²) in [5.74, 6) is 0.674. The smallest absolute Gasteiger partial charge is 0.241 e. The second-order valence-electron chi connectivity index (χ2n) is 3.34. The fourth-order valence-electron chi connectivity index (χ4n) is 0.544. The highest BCUT2D eigenvalue weighted by atomic mass is 35.5. The van der Waals surface area contributed by atoms with E-state index in [1.165, 1.54) is 5.54 Å². The van der Waals surface area contributed by atoms with E-state index in [2.05, 4.69) is 19.6 Å². The summed E-state index contributed by atoms with van der Waals surface area (Å²) in [5.41, 5.74) is 1.41. The van der Waals surface area contributed by atoms with Crippen molar-refractivity contribution in [3.8, 4) is 0 Å². The molecule has 0 amide bonds. The topological polar surface area (TPSA) is 9.23 Å². The maximum Gasteiger partial charge on any atom is 0.241 e. The fourth-order valence-corrected chi connectivity index (χ4v) is 2.04. The molecule has 0 radical (unpaired) electrons. The number of halogens is 2. The molecule has 11 heavy (non-hydrogen) atoms. The number of allylic oxidation sites excluding steroid dienone is 1. The lowest BCUT2D eigenvalue weighted by molar-refractivity contribution is 0.409. The van der Waals surface area contributed by atoms with Gasteiger partial charge in [-0.25, -0.2) is 0 Å². The zero-order valence-corrected chi connectivity index (χ0v) is 9.83. The first-order valence-electron chi connectivity index (χ1n) is 3.50. The minimum atomic E-state index is -1.54. The average Bonchev–Trinajstić information content (AvgIpc) is 1.80. The zero-order chi connectivity index (χ0) is 9.07. The Morgan fingerprint density at radius 2 is 1.91 bits per heavy atom. The number of alkyl halides is 1. The molecule has 1 unspecified atom stereocenters. The van der Waals surface area contributed by atoms with Gasteiger partial charge < -0.3 is 4.43 Å². The van der Waals surface area contributed by atoms with Crippen molar-refractivity contribution < 1.29 is 4.43 Å². The molecule has 0 spiro atoms. The number of rotatable bonds is 3. The van der Waals surface area contributed by atoms with Gasteiger partial charge in [-0.3, -0.25) is 0 Å². The van der Waals surface area contributed by atoms with Crippen molar-refractivity contribution in [1.29, 1.82) is 0 Å². The molecule has 0 saturated heterocycles. The van der Waals surface area contributed by atoms with Crippen molar-refractivity contribution in [3.63, 3.8) is 0 Å². The van der Waals surface area contributed by atoms with E-state index in [1.54, 1.807) is 0 Å². The Morgan fingerprint density at radius 3 is 2.00 bits per heavy atom. The summed E-state index contributed by atoms with van der Waals surface area (Å²) in [6.07, 6.45) is 0. The molecule has 0 heterocycles. The molecule has 4 heteroatoms. The molecule has 0 aliphatic heterocycles. The van der Waals surface area contributed by atoms with Gasteiger partial charge in [0.2, 0.25) is 8.32 Å². The van der Waals surface area contributed by atoms with E-state index < -0.39 is 8.32 Å². The van der Waals surface area contributed by atoms with E-state index >= 15 is 0 Å². The molecule has 1 atom stereocenters. The van der Waals surface area contributed by atoms with Crippen LogP contribution in [0.4, 0.5) is 0 Å². The third-order valence-electron chi connectivity index (χ3n) is 0.924. The van der Waals surface area contributed by atoms with Gasteiger partial charge in [-0.2, -0.15) is 0 Å². The predicted molar refractivity (Wildman–Crippen MR) is 53.7 cm³/mol. The molecule has 0 rings (SSSR count). The lowest BCUT2D eigenvalue weighted by Gasteiger charge is -2.22. The third kappa shape index (κ3) is 5.59. The molecule has 66 valence electrons. The summed E-state index contributed by atoms with van der Waals surface area (Å²) >= 11 is 11.3. The average molecular weight is 213 g/mol. The molecule has 0 aromatic rings. The normalized spacial score (nSPS) is 16.4. The van der Waals surface area contributed by atoms with Crippen molar-refractivity contribution in [2.45, 2.75) is 31.9 Å². The van der Waals surface area contributed by atoms with Gasteiger partial charge in [-0.05, 0) is 26.6 Å². The lowest BCUT2D eigenvalue weighted by atomic mass is 10.4. The quantitative estimate of drug-likeness (QED) is 0.395. The van der Waals surface area contributed by atoms with Gasteiger partial charge in [0.1, 0.15) is 5.76 Å². The van der Waals surface area contributed by atoms with Crippen molar-refractivity contribution in [3.05, 3.63) is 11.3 Å². The molecular formula is C7H14Cl2OSi.